The van der Waals surface area contributed by atoms with Gasteiger partial charge in [0.15, 0.2) is 0 Å². The average Bonchev–Trinajstić information content (AvgIpc) is 2.65. The van der Waals surface area contributed by atoms with Crippen LogP contribution in [-0.2, 0) is 0 Å². The van der Waals surface area contributed by atoms with Crippen molar-refractivity contribution in [2.75, 3.05) is 11.9 Å². The molecule has 0 aliphatic heterocycles. The predicted octanol–water partition coefficient (Wildman–Crippen LogP) is 5.28. The van der Waals surface area contributed by atoms with Gasteiger partial charge in [-0.15, -0.1) is 0 Å². The molecule has 140 valence electrons. The first-order valence-electron chi connectivity index (χ1n) is 8.27. The molecule has 1 aromatic heterocycles. The number of nitrogens with two attached hydrogens (primary N) is 1. The van der Waals surface area contributed by atoms with Crippen LogP contribution in [0.1, 0.15) is 33.3 Å². The number of aromatic nitrogens is 2. The topological polar surface area (TPSA) is 76.2 Å². The molecule has 0 radical (unpaired) electrons. The smallest absolute Gasteiger partial charge is 0.115 e. The van der Waals surface area contributed by atoms with Gasteiger partial charge >= 0.3 is 0 Å². The second-order valence-electron chi connectivity index (χ2n) is 5.94. The predicted molar refractivity (Wildman–Crippen MR) is 113 cm³/mol. The van der Waals surface area contributed by atoms with Crippen molar-refractivity contribution in [1.29, 1.82) is 0 Å². The minimum atomic E-state index is -0.398. The molecule has 3 N–H and O–H groups in total. The summed E-state index contributed by atoms with van der Waals surface area (Å²) in [5.41, 5.74) is 7.89. The highest BCUT2D eigenvalue weighted by molar-refractivity contribution is 6.42. The molecule has 0 unspecified atom stereocenters. The van der Waals surface area contributed by atoms with Crippen molar-refractivity contribution in [2.24, 2.45) is 16.1 Å². The summed E-state index contributed by atoms with van der Waals surface area (Å²) < 4.78 is 0. The molecule has 0 fully saturated rings. The highest BCUT2D eigenvalue weighted by atomic mass is 35.5. The number of aliphatic imine (C=N–C) groups is 1. The van der Waals surface area contributed by atoms with E-state index < -0.39 is 5.41 Å². The number of nitrogens with one attached hydrogen (secondary N) is 1. The number of hydrogen-bond acceptors (Lipinski definition) is 4. The molecule has 0 amide bonds. The molecule has 0 atom stereocenters. The molecule has 7 heteroatoms. The lowest BCUT2D eigenvalue weighted by molar-refractivity contribution is 0.551. The quantitative estimate of drug-likeness (QED) is 0.517. The van der Waals surface area contributed by atoms with Gasteiger partial charge in [0.1, 0.15) is 12.2 Å². The summed E-state index contributed by atoms with van der Waals surface area (Å²) in [4.78, 5) is 12.3. The van der Waals surface area contributed by atoms with E-state index in [9.17, 15) is 0 Å². The van der Waals surface area contributed by atoms with Gasteiger partial charge in [-0.2, -0.15) is 0 Å². The van der Waals surface area contributed by atoms with Gasteiger partial charge < -0.3 is 11.1 Å². The Morgan fingerprint density at radius 2 is 1.81 bits per heavy atom. The Bertz CT molecular complexity index is 758. The first kappa shape index (κ1) is 21.9. The van der Waals surface area contributed by atoms with Gasteiger partial charge in [0.05, 0.1) is 15.7 Å². The fourth-order valence-corrected chi connectivity index (χ4v) is 2.13. The molecule has 0 spiro atoms. The monoisotopic (exact) mass is 393 g/mol. The summed E-state index contributed by atoms with van der Waals surface area (Å²) in [7, 11) is 0. The Balaban J connectivity index is 0.00000163. The second-order valence-corrected chi connectivity index (χ2v) is 6.75. The molecular formula is C19H25Cl2N5. The van der Waals surface area contributed by atoms with E-state index in [1.54, 1.807) is 24.5 Å². The van der Waals surface area contributed by atoms with Gasteiger partial charge in [-0.1, -0.05) is 57.5 Å². The molecule has 1 aromatic carbocycles. The minimum absolute atomic E-state index is 0.398. The molecule has 0 saturated carbocycles. The molecule has 1 heterocycles. The summed E-state index contributed by atoms with van der Waals surface area (Å²) in [6.45, 7) is 12.5. The molecule has 2 aromatic rings. The number of amidine groups is 1. The Morgan fingerprint density at radius 3 is 2.38 bits per heavy atom. The molecule has 0 aliphatic rings. The third kappa shape index (κ3) is 6.32. The SMILES string of the molecule is C=C(N=C(N)C(C)(C)CNc1ccc(Cl)c(Cl)c1)c1cncnc1.CC. The van der Waals surface area contributed by atoms with Crippen LogP contribution >= 0.6 is 23.2 Å². The Hall–Kier alpha value is -2.11. The van der Waals surface area contributed by atoms with Crippen molar-refractivity contribution in [3.8, 4) is 0 Å². The van der Waals surface area contributed by atoms with Crippen LogP contribution in [-0.4, -0.2) is 22.3 Å². The zero-order chi connectivity index (χ0) is 19.7. The molecule has 2 rings (SSSR count). The van der Waals surface area contributed by atoms with E-state index in [0.29, 0.717) is 28.1 Å². The van der Waals surface area contributed by atoms with Crippen molar-refractivity contribution < 1.29 is 0 Å². The molecule has 5 nitrogen and oxygen atoms in total. The Labute approximate surface area is 165 Å². The molecule has 0 saturated heterocycles. The summed E-state index contributed by atoms with van der Waals surface area (Å²) in [5, 5.41) is 4.30. The van der Waals surface area contributed by atoms with Crippen LogP contribution in [0.2, 0.25) is 10.0 Å². The molecular weight excluding hydrogens is 369 g/mol. The fourth-order valence-electron chi connectivity index (χ4n) is 1.83. The second kappa shape index (κ2) is 10.1. The van der Waals surface area contributed by atoms with E-state index in [1.165, 1.54) is 6.33 Å². The number of benzene rings is 1. The summed E-state index contributed by atoms with van der Waals surface area (Å²) in [5.74, 6) is 0.462. The van der Waals surface area contributed by atoms with Crippen LogP contribution in [0.25, 0.3) is 5.70 Å². The fraction of sp³-hybridized carbons (Fsp3) is 0.316. The van der Waals surface area contributed by atoms with Gasteiger partial charge in [-0.3, -0.25) is 0 Å². The Morgan fingerprint density at radius 1 is 1.19 bits per heavy atom. The van der Waals surface area contributed by atoms with Crippen molar-refractivity contribution >= 4 is 40.4 Å². The van der Waals surface area contributed by atoms with E-state index >= 15 is 0 Å². The maximum atomic E-state index is 6.17. The number of halogens is 2. The van der Waals surface area contributed by atoms with E-state index in [-0.39, 0.29) is 0 Å². The van der Waals surface area contributed by atoms with Gasteiger partial charge in [-0.25, -0.2) is 15.0 Å². The lowest BCUT2D eigenvalue weighted by Gasteiger charge is -2.25. The third-order valence-electron chi connectivity index (χ3n) is 3.50. The average molecular weight is 394 g/mol. The largest absolute Gasteiger partial charge is 0.387 e. The van der Waals surface area contributed by atoms with Crippen molar-refractivity contribution in [1.82, 2.24) is 9.97 Å². The van der Waals surface area contributed by atoms with Crippen LogP contribution in [0.4, 0.5) is 5.69 Å². The zero-order valence-corrected chi connectivity index (χ0v) is 17.1. The lowest BCUT2D eigenvalue weighted by atomic mass is 9.91. The van der Waals surface area contributed by atoms with Crippen LogP contribution in [0.3, 0.4) is 0 Å². The van der Waals surface area contributed by atoms with E-state index in [4.69, 9.17) is 28.9 Å². The van der Waals surface area contributed by atoms with Gasteiger partial charge in [0.25, 0.3) is 0 Å². The first-order valence-corrected chi connectivity index (χ1v) is 9.03. The number of rotatable bonds is 6. The van der Waals surface area contributed by atoms with Crippen molar-refractivity contribution in [3.63, 3.8) is 0 Å². The minimum Gasteiger partial charge on any atom is -0.387 e. The number of nitrogens with zero attached hydrogens (tertiary/aromatic N) is 3. The number of anilines is 1. The normalized spacial score (nSPS) is 11.4. The summed E-state index contributed by atoms with van der Waals surface area (Å²) in [6.07, 6.45) is 4.75. The van der Waals surface area contributed by atoms with E-state index in [0.717, 1.165) is 11.3 Å². The van der Waals surface area contributed by atoms with Gasteiger partial charge in [0, 0.05) is 35.6 Å². The Kier molecular flexibility index (Phi) is 8.55. The van der Waals surface area contributed by atoms with Gasteiger partial charge in [-0.05, 0) is 18.2 Å². The van der Waals surface area contributed by atoms with E-state index in [2.05, 4.69) is 26.9 Å². The lowest BCUT2D eigenvalue weighted by Crippen LogP contribution is -2.37. The van der Waals surface area contributed by atoms with Gasteiger partial charge in [0.2, 0.25) is 0 Å². The maximum absolute atomic E-state index is 6.17. The van der Waals surface area contributed by atoms with Crippen molar-refractivity contribution in [2.45, 2.75) is 27.7 Å². The summed E-state index contributed by atoms with van der Waals surface area (Å²) >= 11 is 11.9. The molecule has 26 heavy (non-hydrogen) atoms. The standard InChI is InChI=1S/C17H19Cl2N5.C2H6/c1-11(12-7-21-10-22-8-12)24-16(20)17(2,3)9-23-13-4-5-14(18)15(19)6-13;1-2/h4-8,10,23H,1,9H2,2-3H3,(H2,20,24);1-2H3. The molecule has 0 aliphatic carbocycles. The number of hydrogen-bond donors (Lipinski definition) is 2. The van der Waals surface area contributed by atoms with Crippen LogP contribution in [0, 0.1) is 5.41 Å². The first-order chi connectivity index (χ1) is 12.3. The zero-order valence-electron chi connectivity index (χ0n) is 15.6. The highest BCUT2D eigenvalue weighted by Gasteiger charge is 2.23. The van der Waals surface area contributed by atoms with Crippen molar-refractivity contribution in [3.05, 3.63) is 59.1 Å². The highest BCUT2D eigenvalue weighted by Crippen LogP contribution is 2.26. The van der Waals surface area contributed by atoms with Crippen LogP contribution in [0.15, 0.2) is 48.5 Å². The maximum Gasteiger partial charge on any atom is 0.115 e. The summed E-state index contributed by atoms with van der Waals surface area (Å²) in [6, 6.07) is 5.37. The molecule has 0 bridgehead atoms. The third-order valence-corrected chi connectivity index (χ3v) is 4.24. The van der Waals surface area contributed by atoms with Crippen LogP contribution in [0.5, 0.6) is 0 Å². The van der Waals surface area contributed by atoms with Crippen LogP contribution < -0.4 is 11.1 Å². The van der Waals surface area contributed by atoms with E-state index in [1.807, 2.05) is 33.8 Å².